The molecule has 1 unspecified atom stereocenters. The molecular weight excluding hydrogens is 442 g/mol. The minimum Gasteiger partial charge on any atom is -0.497 e. The topological polar surface area (TPSA) is 73.7 Å². The van der Waals surface area contributed by atoms with Gasteiger partial charge >= 0.3 is 5.97 Å². The number of amides is 1. The summed E-state index contributed by atoms with van der Waals surface area (Å²) in [5.41, 5.74) is 5.68. The summed E-state index contributed by atoms with van der Waals surface area (Å²) in [4.78, 5) is 26.9. The number of aromatic nitrogens is 2. The lowest BCUT2D eigenvalue weighted by Gasteiger charge is -2.25. The van der Waals surface area contributed by atoms with Gasteiger partial charge in [0.2, 0.25) is 0 Å². The van der Waals surface area contributed by atoms with E-state index in [1.165, 1.54) is 12.7 Å². The van der Waals surface area contributed by atoms with E-state index in [1.807, 2.05) is 65.9 Å². The largest absolute Gasteiger partial charge is 0.497 e. The Balaban J connectivity index is 1.47. The molecule has 0 N–H and O–H groups in total. The summed E-state index contributed by atoms with van der Waals surface area (Å²) in [6, 6.07) is 15.9. The number of esters is 1. The van der Waals surface area contributed by atoms with Crippen LogP contribution in [0, 0.1) is 13.8 Å². The van der Waals surface area contributed by atoms with Crippen LogP contribution in [-0.4, -0.2) is 53.4 Å². The third-order valence-electron chi connectivity index (χ3n) is 6.85. The zero-order valence-electron chi connectivity index (χ0n) is 20.9. The first kappa shape index (κ1) is 24.5. The molecule has 1 saturated heterocycles. The molecule has 1 amide bonds. The number of ether oxygens (including phenoxy) is 2. The molecule has 184 valence electrons. The molecule has 7 heteroatoms. The molecule has 35 heavy (non-hydrogen) atoms. The highest BCUT2D eigenvalue weighted by atomic mass is 16.5. The van der Waals surface area contributed by atoms with E-state index in [-0.39, 0.29) is 17.9 Å². The van der Waals surface area contributed by atoms with Crippen LogP contribution in [0.2, 0.25) is 0 Å². The fourth-order valence-corrected chi connectivity index (χ4v) is 4.92. The number of likely N-dealkylation sites (tertiary alicyclic amines) is 1. The molecule has 0 spiro atoms. The second-order valence-electron chi connectivity index (χ2n) is 9.03. The average molecular weight is 476 g/mol. The Morgan fingerprint density at radius 3 is 2.57 bits per heavy atom. The zero-order valence-corrected chi connectivity index (χ0v) is 20.9. The van der Waals surface area contributed by atoms with Crippen molar-refractivity contribution < 1.29 is 19.1 Å². The summed E-state index contributed by atoms with van der Waals surface area (Å²) < 4.78 is 12.0. The van der Waals surface area contributed by atoms with Gasteiger partial charge in [-0.05, 0) is 87.1 Å². The summed E-state index contributed by atoms with van der Waals surface area (Å²) in [7, 11) is 3.07. The van der Waals surface area contributed by atoms with Crippen molar-refractivity contribution in [1.29, 1.82) is 0 Å². The van der Waals surface area contributed by atoms with Crippen LogP contribution in [0.25, 0.3) is 5.69 Å². The first-order valence-corrected chi connectivity index (χ1v) is 12.1. The molecule has 7 nitrogen and oxygen atoms in total. The molecule has 4 rings (SSSR count). The SMILES string of the molecule is COC(=O)CCc1c(C)nn(-c2ccc(C(=O)N3CCCC3Cc3cccc(OC)c3)cc2)c1C. The first-order valence-electron chi connectivity index (χ1n) is 12.1. The lowest BCUT2D eigenvalue weighted by Crippen LogP contribution is -2.36. The Morgan fingerprint density at radius 2 is 1.86 bits per heavy atom. The average Bonchev–Trinajstić information content (AvgIpc) is 3.45. The lowest BCUT2D eigenvalue weighted by molar-refractivity contribution is -0.140. The van der Waals surface area contributed by atoms with Gasteiger partial charge in [0.15, 0.2) is 0 Å². The summed E-state index contributed by atoms with van der Waals surface area (Å²) in [6.45, 7) is 4.72. The predicted octanol–water partition coefficient (Wildman–Crippen LogP) is 4.45. The van der Waals surface area contributed by atoms with Crippen LogP contribution >= 0.6 is 0 Å². The summed E-state index contributed by atoms with van der Waals surface area (Å²) >= 11 is 0. The highest BCUT2D eigenvalue weighted by molar-refractivity contribution is 5.94. The van der Waals surface area contributed by atoms with E-state index in [2.05, 4.69) is 11.2 Å². The van der Waals surface area contributed by atoms with E-state index in [0.29, 0.717) is 18.4 Å². The Labute approximate surface area is 206 Å². The van der Waals surface area contributed by atoms with Crippen molar-refractivity contribution in [2.45, 2.75) is 52.0 Å². The van der Waals surface area contributed by atoms with Crippen LogP contribution in [-0.2, 0) is 22.4 Å². The third-order valence-corrected chi connectivity index (χ3v) is 6.85. The number of benzene rings is 2. The Kier molecular flexibility index (Phi) is 7.54. The van der Waals surface area contributed by atoms with Crippen LogP contribution < -0.4 is 4.74 Å². The van der Waals surface area contributed by atoms with Gasteiger partial charge in [0.25, 0.3) is 5.91 Å². The van der Waals surface area contributed by atoms with E-state index in [4.69, 9.17) is 9.47 Å². The highest BCUT2D eigenvalue weighted by Gasteiger charge is 2.29. The second kappa shape index (κ2) is 10.8. The van der Waals surface area contributed by atoms with Gasteiger partial charge in [-0.3, -0.25) is 9.59 Å². The number of rotatable bonds is 8. The van der Waals surface area contributed by atoms with Gasteiger partial charge < -0.3 is 14.4 Å². The molecule has 1 aliphatic heterocycles. The maximum absolute atomic E-state index is 13.4. The molecular formula is C28H33N3O4. The van der Waals surface area contributed by atoms with Crippen molar-refractivity contribution in [3.8, 4) is 11.4 Å². The maximum Gasteiger partial charge on any atom is 0.305 e. The predicted molar refractivity (Wildman–Crippen MR) is 134 cm³/mol. The first-order chi connectivity index (χ1) is 16.9. The molecule has 1 atom stereocenters. The third kappa shape index (κ3) is 5.39. The molecule has 1 aromatic heterocycles. The molecule has 0 radical (unpaired) electrons. The van der Waals surface area contributed by atoms with Gasteiger partial charge in [-0.15, -0.1) is 0 Å². The van der Waals surface area contributed by atoms with Crippen LogP contribution in [0.3, 0.4) is 0 Å². The van der Waals surface area contributed by atoms with E-state index in [9.17, 15) is 9.59 Å². The normalized spacial score (nSPS) is 15.3. The molecule has 2 aromatic carbocycles. The zero-order chi connectivity index (χ0) is 24.9. The smallest absolute Gasteiger partial charge is 0.305 e. The Hall–Kier alpha value is -3.61. The number of methoxy groups -OCH3 is 2. The van der Waals surface area contributed by atoms with E-state index in [0.717, 1.165) is 54.2 Å². The summed E-state index contributed by atoms with van der Waals surface area (Å²) in [5.74, 6) is 0.673. The van der Waals surface area contributed by atoms with Gasteiger partial charge in [-0.1, -0.05) is 12.1 Å². The summed E-state index contributed by atoms with van der Waals surface area (Å²) in [5, 5.41) is 4.67. The molecule has 1 fully saturated rings. The van der Waals surface area contributed by atoms with Crippen molar-refractivity contribution >= 4 is 11.9 Å². The van der Waals surface area contributed by atoms with E-state index < -0.39 is 0 Å². The Morgan fingerprint density at radius 1 is 1.09 bits per heavy atom. The van der Waals surface area contributed by atoms with Gasteiger partial charge in [0, 0.05) is 30.3 Å². The Bertz CT molecular complexity index is 1200. The number of carbonyl (C=O) groups excluding carboxylic acids is 2. The number of carbonyl (C=O) groups is 2. The van der Waals surface area contributed by atoms with Crippen LogP contribution in [0.4, 0.5) is 0 Å². The maximum atomic E-state index is 13.4. The molecule has 3 aromatic rings. The number of hydrogen-bond acceptors (Lipinski definition) is 5. The molecule has 0 aliphatic carbocycles. The standard InChI is InChI=1S/C28H33N3O4/c1-19-26(14-15-27(32)35-4)20(2)31(29-19)23-12-10-22(11-13-23)28(33)30-16-6-8-24(30)17-21-7-5-9-25(18-21)34-3/h5,7,9-13,18,24H,6,8,14-17H2,1-4H3. The quantitative estimate of drug-likeness (QED) is 0.450. The van der Waals surface area contributed by atoms with Crippen molar-refractivity contribution in [2.24, 2.45) is 0 Å². The fraction of sp³-hybridized carbons (Fsp3) is 0.393. The van der Waals surface area contributed by atoms with Gasteiger partial charge in [-0.2, -0.15) is 5.10 Å². The van der Waals surface area contributed by atoms with Crippen molar-refractivity contribution in [3.05, 3.63) is 76.6 Å². The molecule has 1 aliphatic rings. The fourth-order valence-electron chi connectivity index (χ4n) is 4.92. The number of aryl methyl sites for hydroxylation is 1. The van der Waals surface area contributed by atoms with Gasteiger partial charge in [-0.25, -0.2) is 4.68 Å². The minimum atomic E-state index is -0.231. The van der Waals surface area contributed by atoms with Crippen molar-refractivity contribution in [3.63, 3.8) is 0 Å². The monoisotopic (exact) mass is 475 g/mol. The molecule has 2 heterocycles. The van der Waals surface area contributed by atoms with Crippen LogP contribution in [0.1, 0.15) is 52.1 Å². The van der Waals surface area contributed by atoms with E-state index >= 15 is 0 Å². The van der Waals surface area contributed by atoms with Crippen LogP contribution in [0.5, 0.6) is 5.75 Å². The van der Waals surface area contributed by atoms with Crippen LogP contribution in [0.15, 0.2) is 48.5 Å². The lowest BCUT2D eigenvalue weighted by atomic mass is 10.0. The second-order valence-corrected chi connectivity index (χ2v) is 9.03. The molecule has 0 bridgehead atoms. The van der Waals surface area contributed by atoms with Crippen molar-refractivity contribution in [1.82, 2.24) is 14.7 Å². The van der Waals surface area contributed by atoms with Crippen molar-refractivity contribution in [2.75, 3.05) is 20.8 Å². The van der Waals surface area contributed by atoms with Gasteiger partial charge in [0.05, 0.1) is 25.6 Å². The minimum absolute atomic E-state index is 0.0640. The number of nitrogens with zero attached hydrogens (tertiary/aromatic N) is 3. The number of hydrogen-bond donors (Lipinski definition) is 0. The summed E-state index contributed by atoms with van der Waals surface area (Å²) in [6.07, 6.45) is 3.75. The van der Waals surface area contributed by atoms with Gasteiger partial charge in [0.1, 0.15) is 5.75 Å². The van der Waals surface area contributed by atoms with E-state index in [1.54, 1.807) is 7.11 Å². The molecule has 0 saturated carbocycles. The highest BCUT2D eigenvalue weighted by Crippen LogP contribution is 2.26.